The lowest BCUT2D eigenvalue weighted by molar-refractivity contribution is 0.522. The van der Waals surface area contributed by atoms with Gasteiger partial charge in [-0.2, -0.15) is 5.10 Å². The molecule has 0 bridgehead atoms. The van der Waals surface area contributed by atoms with Crippen molar-refractivity contribution in [2.45, 2.75) is 19.4 Å². The van der Waals surface area contributed by atoms with Crippen LogP contribution < -0.4 is 5.32 Å². The molecule has 0 amide bonds. The Morgan fingerprint density at radius 2 is 2.12 bits per heavy atom. The van der Waals surface area contributed by atoms with Gasteiger partial charge >= 0.3 is 0 Å². The van der Waals surface area contributed by atoms with Crippen LogP contribution in [-0.2, 0) is 13.5 Å². The van der Waals surface area contributed by atoms with Gasteiger partial charge in [0, 0.05) is 31.9 Å². The van der Waals surface area contributed by atoms with Crippen molar-refractivity contribution in [1.29, 1.82) is 0 Å². The van der Waals surface area contributed by atoms with Crippen molar-refractivity contribution in [3.8, 4) is 0 Å². The van der Waals surface area contributed by atoms with Gasteiger partial charge in [-0.25, -0.2) is 4.98 Å². The molecule has 2 aromatic rings. The van der Waals surface area contributed by atoms with E-state index in [0.29, 0.717) is 0 Å². The molecule has 0 aromatic carbocycles. The molecule has 0 fully saturated rings. The fourth-order valence-corrected chi connectivity index (χ4v) is 1.84. The number of aromatic nitrogens is 4. The maximum atomic E-state index is 4.26. The van der Waals surface area contributed by atoms with Crippen LogP contribution in [0.3, 0.4) is 0 Å². The van der Waals surface area contributed by atoms with E-state index in [1.807, 2.05) is 36.3 Å². The van der Waals surface area contributed by atoms with E-state index in [4.69, 9.17) is 0 Å². The molecule has 0 radical (unpaired) electrons. The van der Waals surface area contributed by atoms with Gasteiger partial charge in [-0.05, 0) is 24.2 Å². The zero-order chi connectivity index (χ0) is 12.1. The predicted octanol–water partition coefficient (Wildman–Crippen LogP) is 1.10. The Balaban J connectivity index is 2.16. The van der Waals surface area contributed by atoms with Crippen LogP contribution in [0.5, 0.6) is 0 Å². The van der Waals surface area contributed by atoms with E-state index >= 15 is 0 Å². The Kier molecular flexibility index (Phi) is 3.82. The number of hydrogen-bond donors (Lipinski definition) is 1. The lowest BCUT2D eigenvalue weighted by Gasteiger charge is -2.17. The molecule has 1 unspecified atom stereocenters. The molecule has 2 rings (SSSR count). The third-order valence-corrected chi connectivity index (χ3v) is 2.75. The largest absolute Gasteiger partial charge is 0.310 e. The summed E-state index contributed by atoms with van der Waals surface area (Å²) in [4.78, 5) is 8.30. The minimum absolute atomic E-state index is 0.255. The smallest absolute Gasteiger partial charge is 0.138 e. The number of nitrogens with zero attached hydrogens (tertiary/aromatic N) is 4. The van der Waals surface area contributed by atoms with Crippen molar-refractivity contribution in [2.75, 3.05) is 6.54 Å². The molecule has 1 N–H and O–H groups in total. The molecular formula is C12H17N5. The van der Waals surface area contributed by atoms with Crippen LogP contribution in [0.25, 0.3) is 0 Å². The minimum Gasteiger partial charge on any atom is -0.310 e. The molecule has 0 spiro atoms. The predicted molar refractivity (Wildman–Crippen MR) is 65.4 cm³/mol. The second-order valence-electron chi connectivity index (χ2n) is 3.89. The van der Waals surface area contributed by atoms with Gasteiger partial charge in [0.2, 0.25) is 0 Å². The van der Waals surface area contributed by atoms with E-state index in [2.05, 4.69) is 27.3 Å². The Morgan fingerprint density at radius 3 is 2.71 bits per heavy atom. The lowest BCUT2D eigenvalue weighted by atomic mass is 10.0. The number of likely N-dealkylation sites (N-methyl/N-ethyl adjacent to an activating group) is 1. The molecule has 1 atom stereocenters. The highest BCUT2D eigenvalue weighted by molar-refractivity contribution is 5.16. The van der Waals surface area contributed by atoms with Crippen molar-refractivity contribution >= 4 is 0 Å². The fraction of sp³-hybridized carbons (Fsp3) is 0.417. The van der Waals surface area contributed by atoms with Gasteiger partial charge in [-0.3, -0.25) is 9.67 Å². The van der Waals surface area contributed by atoms with Crippen molar-refractivity contribution in [3.63, 3.8) is 0 Å². The van der Waals surface area contributed by atoms with E-state index < -0.39 is 0 Å². The fourth-order valence-electron chi connectivity index (χ4n) is 1.84. The number of aryl methyl sites for hydroxylation is 1. The highest BCUT2D eigenvalue weighted by atomic mass is 15.3. The zero-order valence-corrected chi connectivity index (χ0v) is 10.2. The van der Waals surface area contributed by atoms with Crippen molar-refractivity contribution < 1.29 is 0 Å². The first kappa shape index (κ1) is 11.7. The molecular weight excluding hydrogens is 214 g/mol. The highest BCUT2D eigenvalue weighted by Crippen LogP contribution is 2.15. The first-order valence-corrected chi connectivity index (χ1v) is 5.77. The normalized spacial score (nSPS) is 12.6. The first-order chi connectivity index (χ1) is 8.31. The Hall–Kier alpha value is -1.75. The second kappa shape index (κ2) is 5.54. The highest BCUT2D eigenvalue weighted by Gasteiger charge is 2.13. The van der Waals surface area contributed by atoms with E-state index in [1.165, 1.54) is 5.56 Å². The molecule has 2 aromatic heterocycles. The van der Waals surface area contributed by atoms with Gasteiger partial charge in [-0.1, -0.05) is 6.92 Å². The van der Waals surface area contributed by atoms with Crippen LogP contribution in [0.2, 0.25) is 0 Å². The van der Waals surface area contributed by atoms with Gasteiger partial charge < -0.3 is 5.32 Å². The SMILES string of the molecule is CCNC(Cc1ncnn1C)c1ccncc1. The van der Waals surface area contributed by atoms with Gasteiger partial charge in [0.25, 0.3) is 0 Å². The molecule has 90 valence electrons. The zero-order valence-electron chi connectivity index (χ0n) is 10.2. The molecule has 0 saturated carbocycles. The summed E-state index contributed by atoms with van der Waals surface area (Å²) in [5, 5.41) is 7.54. The van der Waals surface area contributed by atoms with Gasteiger partial charge in [0.1, 0.15) is 12.2 Å². The van der Waals surface area contributed by atoms with Crippen LogP contribution in [0, 0.1) is 0 Å². The second-order valence-corrected chi connectivity index (χ2v) is 3.89. The van der Waals surface area contributed by atoms with Gasteiger partial charge in [0.15, 0.2) is 0 Å². The van der Waals surface area contributed by atoms with Crippen LogP contribution in [-0.4, -0.2) is 26.3 Å². The number of nitrogens with one attached hydrogen (secondary N) is 1. The average molecular weight is 231 g/mol. The van der Waals surface area contributed by atoms with Crippen molar-refractivity contribution in [2.24, 2.45) is 7.05 Å². The third-order valence-electron chi connectivity index (χ3n) is 2.75. The lowest BCUT2D eigenvalue weighted by Crippen LogP contribution is -2.24. The van der Waals surface area contributed by atoms with E-state index in [9.17, 15) is 0 Å². The van der Waals surface area contributed by atoms with Crippen LogP contribution in [0.1, 0.15) is 24.4 Å². The van der Waals surface area contributed by atoms with Crippen LogP contribution in [0.15, 0.2) is 30.9 Å². The maximum Gasteiger partial charge on any atom is 0.138 e. The summed E-state index contributed by atoms with van der Waals surface area (Å²) in [7, 11) is 1.91. The minimum atomic E-state index is 0.255. The summed E-state index contributed by atoms with van der Waals surface area (Å²) in [6.07, 6.45) is 6.05. The van der Waals surface area contributed by atoms with Gasteiger partial charge in [0.05, 0.1) is 0 Å². The van der Waals surface area contributed by atoms with Crippen molar-refractivity contribution in [1.82, 2.24) is 25.1 Å². The number of pyridine rings is 1. The molecule has 2 heterocycles. The number of rotatable bonds is 5. The van der Waals surface area contributed by atoms with E-state index in [0.717, 1.165) is 18.8 Å². The summed E-state index contributed by atoms with van der Waals surface area (Å²) in [6.45, 7) is 3.02. The monoisotopic (exact) mass is 231 g/mol. The van der Waals surface area contributed by atoms with Crippen LogP contribution >= 0.6 is 0 Å². The topological polar surface area (TPSA) is 55.6 Å². The Morgan fingerprint density at radius 1 is 1.35 bits per heavy atom. The van der Waals surface area contributed by atoms with E-state index in [1.54, 1.807) is 6.33 Å². The molecule has 5 nitrogen and oxygen atoms in total. The Bertz CT molecular complexity index is 451. The standard InChI is InChI=1S/C12H17N5/c1-3-14-11(10-4-6-13-7-5-10)8-12-15-9-16-17(12)2/h4-7,9,11,14H,3,8H2,1-2H3. The van der Waals surface area contributed by atoms with E-state index in [-0.39, 0.29) is 6.04 Å². The average Bonchev–Trinajstić information content (AvgIpc) is 2.76. The maximum absolute atomic E-state index is 4.26. The quantitative estimate of drug-likeness (QED) is 0.837. The van der Waals surface area contributed by atoms with Crippen molar-refractivity contribution in [3.05, 3.63) is 42.2 Å². The summed E-state index contributed by atoms with van der Waals surface area (Å²) < 4.78 is 1.81. The Labute approximate surface area is 101 Å². The van der Waals surface area contributed by atoms with Gasteiger partial charge in [-0.15, -0.1) is 0 Å². The number of hydrogen-bond acceptors (Lipinski definition) is 4. The summed E-state index contributed by atoms with van der Waals surface area (Å²) in [5.74, 6) is 0.979. The third kappa shape index (κ3) is 2.88. The molecule has 0 saturated heterocycles. The summed E-state index contributed by atoms with van der Waals surface area (Å²) in [6, 6.07) is 4.32. The van der Waals surface area contributed by atoms with Crippen LogP contribution in [0.4, 0.5) is 0 Å². The molecule has 0 aliphatic heterocycles. The molecule has 17 heavy (non-hydrogen) atoms. The summed E-state index contributed by atoms with van der Waals surface area (Å²) in [5.41, 5.74) is 1.23. The molecule has 0 aliphatic rings. The summed E-state index contributed by atoms with van der Waals surface area (Å²) >= 11 is 0. The molecule has 0 aliphatic carbocycles. The first-order valence-electron chi connectivity index (χ1n) is 5.77. The molecule has 5 heteroatoms.